The number of aromatic nitrogens is 1. The SMILES string of the molecule is C=C(N)NCc1ccn([C@H](C)[C@H](O)[C@@](C)(O)C2(O)CC2[NH+]([O-])P(=O)(NC(C)(C)C)OCCSC(=O)C(C)(C)CO)c1N. The molecule has 0 amide bonds. The van der Waals surface area contributed by atoms with Crippen LogP contribution in [-0.2, 0) is 20.4 Å². The third kappa shape index (κ3) is 8.08. The number of rotatable bonds is 16. The van der Waals surface area contributed by atoms with Crippen molar-refractivity contribution in [2.24, 2.45) is 11.1 Å². The van der Waals surface area contributed by atoms with E-state index < -0.39 is 52.8 Å². The molecule has 1 aromatic rings. The molecule has 242 valence electrons. The first-order valence-corrected chi connectivity index (χ1v) is 16.3. The molecule has 4 unspecified atom stereocenters. The van der Waals surface area contributed by atoms with E-state index in [1.54, 1.807) is 53.8 Å². The molecule has 0 saturated heterocycles. The lowest BCUT2D eigenvalue weighted by Crippen LogP contribution is -3.07. The third-order valence-corrected chi connectivity index (χ3v) is 11.0. The summed E-state index contributed by atoms with van der Waals surface area (Å²) >= 11 is 0.885. The average molecular weight is 637 g/mol. The highest BCUT2D eigenvalue weighted by Gasteiger charge is 2.73. The average Bonchev–Trinajstić information content (AvgIpc) is 3.45. The second-order valence-electron chi connectivity index (χ2n) is 12.8. The van der Waals surface area contributed by atoms with Crippen LogP contribution in [0.3, 0.4) is 0 Å². The minimum atomic E-state index is -4.28. The van der Waals surface area contributed by atoms with Crippen LogP contribution in [-0.4, -0.2) is 78.0 Å². The van der Waals surface area contributed by atoms with Gasteiger partial charge in [-0.2, -0.15) is 5.09 Å². The van der Waals surface area contributed by atoms with Crippen LogP contribution in [0.1, 0.15) is 66.5 Å². The summed E-state index contributed by atoms with van der Waals surface area (Å²) in [5.41, 5.74) is 6.35. The molecule has 0 aromatic carbocycles. The van der Waals surface area contributed by atoms with Gasteiger partial charge in [0, 0.05) is 36.0 Å². The quantitative estimate of drug-likeness (QED) is 0.0658. The Hall–Kier alpha value is -1.65. The van der Waals surface area contributed by atoms with Crippen molar-refractivity contribution in [2.75, 3.05) is 24.7 Å². The molecule has 11 N–H and O–H groups in total. The number of carbonyl (C=O) groups excluding carboxylic acids is 1. The molecule has 16 heteroatoms. The van der Waals surface area contributed by atoms with Crippen LogP contribution in [0.15, 0.2) is 24.7 Å². The number of hydrogen-bond donors (Lipinski definition) is 9. The van der Waals surface area contributed by atoms with Gasteiger partial charge in [0.05, 0.1) is 30.5 Å². The summed E-state index contributed by atoms with van der Waals surface area (Å²) in [5.74, 6) is 0.626. The number of hydrogen-bond acceptors (Lipinski definition) is 12. The Labute approximate surface area is 252 Å². The zero-order valence-electron chi connectivity index (χ0n) is 25.5. The number of carbonyl (C=O) groups is 1. The molecule has 14 nitrogen and oxygen atoms in total. The number of nitrogens with zero attached hydrogens (tertiary/aromatic N) is 1. The molecule has 0 spiro atoms. The van der Waals surface area contributed by atoms with E-state index in [0.717, 1.165) is 11.8 Å². The van der Waals surface area contributed by atoms with Gasteiger partial charge in [-0.1, -0.05) is 18.3 Å². The van der Waals surface area contributed by atoms with Crippen LogP contribution in [0.25, 0.3) is 0 Å². The monoisotopic (exact) mass is 636 g/mol. The summed E-state index contributed by atoms with van der Waals surface area (Å²) < 4.78 is 21.0. The smallest absolute Gasteiger partial charge is 0.459 e. The molecule has 1 heterocycles. The molecule has 1 aliphatic rings. The normalized spacial score (nSPS) is 24.2. The zero-order valence-corrected chi connectivity index (χ0v) is 27.2. The van der Waals surface area contributed by atoms with Gasteiger partial charge in [0.1, 0.15) is 23.6 Å². The number of nitrogen functional groups attached to an aromatic ring is 1. The van der Waals surface area contributed by atoms with E-state index in [2.05, 4.69) is 17.0 Å². The lowest BCUT2D eigenvalue weighted by Gasteiger charge is -2.40. The molecule has 0 aliphatic heterocycles. The Bertz CT molecular complexity index is 1170. The molecule has 42 heavy (non-hydrogen) atoms. The van der Waals surface area contributed by atoms with E-state index in [1.165, 1.54) is 11.5 Å². The van der Waals surface area contributed by atoms with Gasteiger partial charge in [0.15, 0.2) is 10.7 Å². The van der Waals surface area contributed by atoms with Crippen LogP contribution in [0.4, 0.5) is 5.82 Å². The summed E-state index contributed by atoms with van der Waals surface area (Å²) in [7, 11) is -4.28. The Morgan fingerprint density at radius 1 is 1.38 bits per heavy atom. The fourth-order valence-corrected chi connectivity index (χ4v) is 7.73. The van der Waals surface area contributed by atoms with Gasteiger partial charge >= 0.3 is 7.67 Å². The zero-order chi connectivity index (χ0) is 32.5. The van der Waals surface area contributed by atoms with Gasteiger partial charge in [-0.15, -0.1) is 0 Å². The summed E-state index contributed by atoms with van der Waals surface area (Å²) in [6.07, 6.45) is -0.225. The number of nitrogens with one attached hydrogen (secondary N) is 3. The van der Waals surface area contributed by atoms with Gasteiger partial charge in [0.25, 0.3) is 0 Å². The first kappa shape index (κ1) is 36.5. The third-order valence-electron chi connectivity index (χ3n) is 7.44. The standard InChI is InChI=1S/C26H49N6O8PS/c1-16(31-10-9-18(21(31)28)14-29-17(2)27)20(34)25(8,36)26(37)13-19(26)32(38)41(39,30-23(3,4)5)40-11-12-42-22(35)24(6,7)15-33/h9-10,16,19-20,29,32-34,36-37H,2,11-15,27-28H2,1,3-8H3,(H,30,39)/t16-,19?,20+,25-,26?,41?/m1/s1. The predicted octanol–water partition coefficient (Wildman–Crippen LogP) is -0.0601. The lowest BCUT2D eigenvalue weighted by molar-refractivity contribution is -0.743. The predicted molar refractivity (Wildman–Crippen MR) is 163 cm³/mol. The molecular formula is C26H49N6O8PS. The molecule has 1 aromatic heterocycles. The number of aliphatic hydroxyl groups is 4. The maximum atomic E-state index is 13.9. The van der Waals surface area contributed by atoms with Crippen molar-refractivity contribution >= 4 is 30.4 Å². The number of quaternary nitrogens is 1. The molecule has 0 bridgehead atoms. The fraction of sp³-hybridized carbons (Fsp3) is 0.731. The van der Waals surface area contributed by atoms with E-state index in [-0.39, 0.29) is 42.9 Å². The highest BCUT2D eigenvalue weighted by Crippen LogP contribution is 2.50. The Kier molecular flexibility index (Phi) is 11.4. The van der Waals surface area contributed by atoms with Crippen molar-refractivity contribution in [3.05, 3.63) is 35.4 Å². The first-order chi connectivity index (χ1) is 19.0. The molecule has 1 saturated carbocycles. The number of thioether (sulfide) groups is 1. The molecular weight excluding hydrogens is 587 g/mol. The second-order valence-corrected chi connectivity index (χ2v) is 15.9. The van der Waals surface area contributed by atoms with Crippen LogP contribution < -0.4 is 26.7 Å². The molecule has 2 rings (SSSR count). The number of aliphatic hydroxyl groups excluding tert-OH is 2. The van der Waals surface area contributed by atoms with Crippen LogP contribution in [0, 0.1) is 10.6 Å². The minimum absolute atomic E-state index is 0.0728. The largest absolute Gasteiger partial charge is 0.628 e. The molecule has 7 atom stereocenters. The summed E-state index contributed by atoms with van der Waals surface area (Å²) in [6.45, 7) is 14.4. The molecule has 1 aliphatic carbocycles. The van der Waals surface area contributed by atoms with Crippen LogP contribution >= 0.6 is 19.4 Å². The van der Waals surface area contributed by atoms with Crippen molar-refractivity contribution < 1.29 is 39.1 Å². The van der Waals surface area contributed by atoms with Crippen molar-refractivity contribution in [3.8, 4) is 0 Å². The van der Waals surface area contributed by atoms with E-state index in [4.69, 9.17) is 16.0 Å². The van der Waals surface area contributed by atoms with Gasteiger partial charge in [-0.05, 0) is 54.5 Å². The summed E-state index contributed by atoms with van der Waals surface area (Å²) in [6, 6.07) is -0.414. The Balaban J connectivity index is 2.19. The molecule has 1 fully saturated rings. The summed E-state index contributed by atoms with van der Waals surface area (Å²) in [5, 5.41) is 62.3. The van der Waals surface area contributed by atoms with Crippen molar-refractivity contribution in [1.82, 2.24) is 15.0 Å². The highest BCUT2D eigenvalue weighted by atomic mass is 32.2. The Morgan fingerprint density at radius 3 is 2.50 bits per heavy atom. The van der Waals surface area contributed by atoms with Gasteiger partial charge in [-0.25, -0.2) is 4.57 Å². The fourth-order valence-electron chi connectivity index (χ4n) is 4.55. The molecule has 0 radical (unpaired) electrons. The van der Waals surface area contributed by atoms with Crippen molar-refractivity contribution in [1.29, 1.82) is 0 Å². The van der Waals surface area contributed by atoms with E-state index in [0.29, 0.717) is 11.4 Å². The summed E-state index contributed by atoms with van der Waals surface area (Å²) in [4.78, 5) is 11.4. The van der Waals surface area contributed by atoms with Gasteiger partial charge < -0.3 is 47.0 Å². The van der Waals surface area contributed by atoms with Crippen LogP contribution in [0.5, 0.6) is 0 Å². The van der Waals surface area contributed by atoms with Gasteiger partial charge in [-0.3, -0.25) is 14.2 Å². The van der Waals surface area contributed by atoms with Crippen molar-refractivity contribution in [3.63, 3.8) is 0 Å². The topological polar surface area (TPSA) is 233 Å². The minimum Gasteiger partial charge on any atom is -0.628 e. The second kappa shape index (κ2) is 13.1. The van der Waals surface area contributed by atoms with Crippen molar-refractivity contribution in [2.45, 2.75) is 96.4 Å². The van der Waals surface area contributed by atoms with Gasteiger partial charge in [0.2, 0.25) is 0 Å². The lowest BCUT2D eigenvalue weighted by atomic mass is 9.85. The maximum Gasteiger partial charge on any atom is 0.459 e. The van der Waals surface area contributed by atoms with E-state index >= 15 is 0 Å². The van der Waals surface area contributed by atoms with Crippen LogP contribution in [0.2, 0.25) is 0 Å². The van der Waals surface area contributed by atoms with E-state index in [1.807, 2.05) is 0 Å². The first-order valence-electron chi connectivity index (χ1n) is 13.7. The highest BCUT2D eigenvalue weighted by molar-refractivity contribution is 8.13. The van der Waals surface area contributed by atoms with E-state index in [9.17, 15) is 35.0 Å². The Morgan fingerprint density at radius 2 is 1.98 bits per heavy atom. The number of anilines is 1. The number of hydroxylamine groups is 1. The maximum absolute atomic E-state index is 13.9. The number of nitrogens with two attached hydrogens (primary N) is 2.